The third kappa shape index (κ3) is 3.21. The Morgan fingerprint density at radius 2 is 2.14 bits per heavy atom. The monoisotopic (exact) mass is 305 g/mol. The van der Waals surface area contributed by atoms with E-state index in [1.165, 1.54) is 0 Å². The maximum absolute atomic E-state index is 12.2. The van der Waals surface area contributed by atoms with Crippen molar-refractivity contribution in [3.63, 3.8) is 0 Å². The van der Waals surface area contributed by atoms with Crippen LogP contribution < -0.4 is 5.73 Å². The molecule has 0 aliphatic heterocycles. The Kier molecular flexibility index (Phi) is 4.90. The van der Waals surface area contributed by atoms with Gasteiger partial charge in [0.15, 0.2) is 0 Å². The molecule has 0 aliphatic rings. The van der Waals surface area contributed by atoms with Crippen LogP contribution in [0.15, 0.2) is 24.3 Å². The summed E-state index contributed by atoms with van der Waals surface area (Å²) in [6.07, 6.45) is 0.976. The number of fused-ring (bicyclic) bond motifs is 1. The summed E-state index contributed by atoms with van der Waals surface area (Å²) < 4.78 is 7.07. The Balaban J connectivity index is 2.57. The summed E-state index contributed by atoms with van der Waals surface area (Å²) in [7, 11) is 0. The van der Waals surface area contributed by atoms with E-state index < -0.39 is 6.04 Å². The smallest absolute Gasteiger partial charge is 0.329 e. The van der Waals surface area contributed by atoms with Crippen molar-refractivity contribution >= 4 is 34.2 Å². The zero-order valence-electron chi connectivity index (χ0n) is 12.2. The molecule has 2 rings (SSSR count). The number of aromatic nitrogens is 2. The molecular formula is C15H19N3O2S. The zero-order chi connectivity index (χ0) is 15.4. The van der Waals surface area contributed by atoms with Crippen LogP contribution in [0.4, 0.5) is 0 Å². The number of nitrogens with zero attached hydrogens (tertiary/aromatic N) is 2. The Bertz CT molecular complexity index is 666. The Morgan fingerprint density at radius 3 is 2.76 bits per heavy atom. The lowest BCUT2D eigenvalue weighted by molar-refractivity contribution is -0.147. The number of thiocarbonyl (C=S) groups is 1. The summed E-state index contributed by atoms with van der Waals surface area (Å²) >= 11 is 4.99. The lowest BCUT2D eigenvalue weighted by Gasteiger charge is -2.18. The second-order valence-electron chi connectivity index (χ2n) is 4.71. The molecule has 1 aromatic carbocycles. The standard InChI is InChI=1S/C15H19N3O2S/c1-3-11(15(19)20-4-2)18-12-8-6-5-7-10(12)17-14(18)9-13(16)21/h5-8,11H,3-4,9H2,1-2H3,(H2,16,21). The summed E-state index contributed by atoms with van der Waals surface area (Å²) in [5.74, 6) is 0.441. The van der Waals surface area contributed by atoms with Gasteiger partial charge in [-0.3, -0.25) is 0 Å². The van der Waals surface area contributed by atoms with Gasteiger partial charge in [-0.2, -0.15) is 0 Å². The number of para-hydroxylation sites is 2. The normalized spacial score (nSPS) is 12.3. The van der Waals surface area contributed by atoms with Gasteiger partial charge in [0.25, 0.3) is 0 Å². The minimum atomic E-state index is -0.415. The molecule has 0 fully saturated rings. The highest BCUT2D eigenvalue weighted by atomic mass is 32.1. The highest BCUT2D eigenvalue weighted by Crippen LogP contribution is 2.24. The number of carbonyl (C=O) groups excluding carboxylic acids is 1. The number of hydrogen-bond donors (Lipinski definition) is 1. The second-order valence-corrected chi connectivity index (χ2v) is 5.23. The van der Waals surface area contributed by atoms with Crippen molar-refractivity contribution in [3.05, 3.63) is 30.1 Å². The van der Waals surface area contributed by atoms with Gasteiger partial charge < -0.3 is 15.0 Å². The molecule has 1 aromatic heterocycles. The fourth-order valence-electron chi connectivity index (χ4n) is 2.42. The topological polar surface area (TPSA) is 70.1 Å². The van der Waals surface area contributed by atoms with Gasteiger partial charge in [0.2, 0.25) is 0 Å². The van der Waals surface area contributed by atoms with Gasteiger partial charge in [-0.15, -0.1) is 0 Å². The average Bonchev–Trinajstić information content (AvgIpc) is 2.78. The van der Waals surface area contributed by atoms with Crippen LogP contribution in [0.2, 0.25) is 0 Å². The Labute approximate surface area is 129 Å². The number of ether oxygens (including phenoxy) is 1. The largest absolute Gasteiger partial charge is 0.464 e. The van der Waals surface area contributed by atoms with E-state index in [-0.39, 0.29) is 5.97 Å². The first-order valence-electron chi connectivity index (χ1n) is 6.99. The Hall–Kier alpha value is -1.95. The van der Waals surface area contributed by atoms with E-state index in [0.717, 1.165) is 11.0 Å². The van der Waals surface area contributed by atoms with E-state index in [0.29, 0.717) is 30.3 Å². The van der Waals surface area contributed by atoms with Crippen LogP contribution in [0.25, 0.3) is 11.0 Å². The molecule has 0 saturated carbocycles. The van der Waals surface area contributed by atoms with E-state index in [1.807, 2.05) is 35.8 Å². The van der Waals surface area contributed by atoms with E-state index in [1.54, 1.807) is 6.92 Å². The third-order valence-electron chi connectivity index (χ3n) is 3.26. The van der Waals surface area contributed by atoms with Crippen molar-refractivity contribution in [1.29, 1.82) is 0 Å². The SMILES string of the molecule is CCOC(=O)C(CC)n1c(CC(N)=S)nc2ccccc21. The zero-order valence-corrected chi connectivity index (χ0v) is 13.0. The van der Waals surface area contributed by atoms with Crippen LogP contribution in [-0.4, -0.2) is 27.1 Å². The second kappa shape index (κ2) is 6.67. The van der Waals surface area contributed by atoms with Gasteiger partial charge in [0.05, 0.1) is 29.0 Å². The lowest BCUT2D eigenvalue weighted by atomic mass is 10.2. The van der Waals surface area contributed by atoms with Gasteiger partial charge in [-0.25, -0.2) is 9.78 Å². The number of hydrogen-bond acceptors (Lipinski definition) is 4. The van der Waals surface area contributed by atoms with Crippen molar-refractivity contribution in [2.75, 3.05) is 6.61 Å². The molecule has 0 radical (unpaired) electrons. The number of carbonyl (C=O) groups is 1. The molecule has 1 unspecified atom stereocenters. The first-order chi connectivity index (χ1) is 10.1. The van der Waals surface area contributed by atoms with Crippen molar-refractivity contribution in [3.8, 4) is 0 Å². The van der Waals surface area contributed by atoms with Gasteiger partial charge in [-0.1, -0.05) is 31.3 Å². The van der Waals surface area contributed by atoms with Crippen LogP contribution in [-0.2, 0) is 16.0 Å². The first-order valence-corrected chi connectivity index (χ1v) is 7.40. The molecule has 1 heterocycles. The quantitative estimate of drug-likeness (QED) is 0.655. The fourth-order valence-corrected chi connectivity index (χ4v) is 2.54. The Morgan fingerprint density at radius 1 is 1.43 bits per heavy atom. The maximum atomic E-state index is 12.2. The van der Waals surface area contributed by atoms with E-state index in [9.17, 15) is 4.79 Å². The van der Waals surface area contributed by atoms with E-state index in [4.69, 9.17) is 22.7 Å². The lowest BCUT2D eigenvalue weighted by Crippen LogP contribution is -2.25. The minimum Gasteiger partial charge on any atom is -0.464 e. The number of rotatable bonds is 6. The van der Waals surface area contributed by atoms with Crippen molar-refractivity contribution < 1.29 is 9.53 Å². The molecule has 0 spiro atoms. The fraction of sp³-hybridized carbons (Fsp3) is 0.400. The summed E-state index contributed by atoms with van der Waals surface area (Å²) in [6.45, 7) is 4.10. The van der Waals surface area contributed by atoms with E-state index >= 15 is 0 Å². The molecular weight excluding hydrogens is 286 g/mol. The summed E-state index contributed by atoms with van der Waals surface area (Å²) in [6, 6.07) is 7.26. The number of esters is 1. The van der Waals surface area contributed by atoms with Crippen molar-refractivity contribution in [1.82, 2.24) is 9.55 Å². The van der Waals surface area contributed by atoms with Crippen LogP contribution in [0.5, 0.6) is 0 Å². The number of imidazole rings is 1. The molecule has 2 aromatic rings. The highest BCUT2D eigenvalue weighted by molar-refractivity contribution is 7.80. The van der Waals surface area contributed by atoms with Gasteiger partial charge in [0.1, 0.15) is 11.9 Å². The molecule has 0 bridgehead atoms. The number of nitrogens with two attached hydrogens (primary N) is 1. The molecule has 0 amide bonds. The van der Waals surface area contributed by atoms with Crippen LogP contribution in [0, 0.1) is 0 Å². The number of benzene rings is 1. The third-order valence-corrected chi connectivity index (χ3v) is 3.40. The van der Waals surface area contributed by atoms with Crippen LogP contribution in [0.1, 0.15) is 32.1 Å². The predicted molar refractivity (Wildman–Crippen MR) is 86.2 cm³/mol. The molecule has 21 heavy (non-hydrogen) atoms. The molecule has 112 valence electrons. The summed E-state index contributed by atoms with van der Waals surface area (Å²) in [5, 5.41) is 0. The first kappa shape index (κ1) is 15.4. The molecule has 0 aliphatic carbocycles. The van der Waals surface area contributed by atoms with E-state index in [2.05, 4.69) is 4.98 Å². The maximum Gasteiger partial charge on any atom is 0.329 e. The molecule has 5 nitrogen and oxygen atoms in total. The van der Waals surface area contributed by atoms with Gasteiger partial charge in [-0.05, 0) is 25.5 Å². The van der Waals surface area contributed by atoms with Gasteiger partial charge >= 0.3 is 5.97 Å². The molecule has 0 saturated heterocycles. The van der Waals surface area contributed by atoms with Gasteiger partial charge in [0, 0.05) is 0 Å². The van der Waals surface area contributed by atoms with Crippen LogP contribution in [0.3, 0.4) is 0 Å². The summed E-state index contributed by atoms with van der Waals surface area (Å²) in [4.78, 5) is 17.1. The molecule has 1 atom stereocenters. The average molecular weight is 305 g/mol. The van der Waals surface area contributed by atoms with Crippen molar-refractivity contribution in [2.24, 2.45) is 5.73 Å². The molecule has 6 heteroatoms. The highest BCUT2D eigenvalue weighted by Gasteiger charge is 2.25. The molecule has 2 N–H and O–H groups in total. The summed E-state index contributed by atoms with van der Waals surface area (Å²) in [5.41, 5.74) is 7.37. The van der Waals surface area contributed by atoms with Crippen molar-refractivity contribution in [2.45, 2.75) is 32.7 Å². The minimum absolute atomic E-state index is 0.257. The van der Waals surface area contributed by atoms with Crippen LogP contribution >= 0.6 is 12.2 Å². The predicted octanol–water partition coefficient (Wildman–Crippen LogP) is 2.38.